The summed E-state index contributed by atoms with van der Waals surface area (Å²) in [4.78, 5) is 4.70. The van der Waals surface area contributed by atoms with Gasteiger partial charge in [-0.2, -0.15) is 0 Å². The standard InChI is InChI=1S/C24H34N2O3/c1-20(2)23-10-6-7-11-24(23)29-17-16-28-19-22(27)18-25-12-14-26(15-13-25)21-8-4-3-5-9-21/h3-11,20,22,27H,12-19H2,1-2H3. The third kappa shape index (κ3) is 6.74. The molecule has 2 aromatic rings. The van der Waals surface area contributed by atoms with Crippen LogP contribution in [0.5, 0.6) is 5.75 Å². The highest BCUT2D eigenvalue weighted by Gasteiger charge is 2.19. The lowest BCUT2D eigenvalue weighted by molar-refractivity contribution is 0.00709. The number of aliphatic hydroxyl groups excluding tert-OH is 1. The largest absolute Gasteiger partial charge is 0.491 e. The van der Waals surface area contributed by atoms with Crippen LogP contribution in [0.4, 0.5) is 5.69 Å². The number of ether oxygens (including phenoxy) is 2. The van der Waals surface area contributed by atoms with E-state index in [0.29, 0.717) is 32.3 Å². The highest BCUT2D eigenvalue weighted by Crippen LogP contribution is 2.25. The third-order valence-electron chi connectivity index (χ3n) is 5.30. The number of β-amino-alcohol motifs (C(OH)–C–C–N with tert-alkyl or cyclic N) is 1. The van der Waals surface area contributed by atoms with E-state index in [1.54, 1.807) is 0 Å². The van der Waals surface area contributed by atoms with Crippen molar-refractivity contribution in [3.63, 3.8) is 0 Å². The first-order valence-electron chi connectivity index (χ1n) is 10.6. The molecule has 0 aromatic heterocycles. The number of hydrogen-bond donors (Lipinski definition) is 1. The van der Waals surface area contributed by atoms with E-state index in [1.807, 2.05) is 24.3 Å². The maximum Gasteiger partial charge on any atom is 0.122 e. The van der Waals surface area contributed by atoms with E-state index in [4.69, 9.17) is 9.47 Å². The van der Waals surface area contributed by atoms with E-state index in [1.165, 1.54) is 11.3 Å². The van der Waals surface area contributed by atoms with Crippen LogP contribution in [0.15, 0.2) is 54.6 Å². The predicted molar refractivity (Wildman–Crippen MR) is 118 cm³/mol. The normalized spacial score (nSPS) is 16.2. The van der Waals surface area contributed by atoms with E-state index in [9.17, 15) is 5.11 Å². The van der Waals surface area contributed by atoms with Gasteiger partial charge in [0.25, 0.3) is 0 Å². The van der Waals surface area contributed by atoms with Gasteiger partial charge in [-0.15, -0.1) is 0 Å². The van der Waals surface area contributed by atoms with Gasteiger partial charge < -0.3 is 19.5 Å². The Bertz CT molecular complexity index is 715. The zero-order chi connectivity index (χ0) is 20.5. The first-order valence-corrected chi connectivity index (χ1v) is 10.6. The Morgan fingerprint density at radius 2 is 1.59 bits per heavy atom. The Labute approximate surface area is 174 Å². The zero-order valence-corrected chi connectivity index (χ0v) is 17.7. The number of rotatable bonds is 10. The molecule has 3 rings (SSSR count). The lowest BCUT2D eigenvalue weighted by Gasteiger charge is -2.36. The highest BCUT2D eigenvalue weighted by molar-refractivity contribution is 5.46. The van der Waals surface area contributed by atoms with Gasteiger partial charge in [-0.1, -0.05) is 50.2 Å². The van der Waals surface area contributed by atoms with Crippen LogP contribution in [-0.2, 0) is 4.74 Å². The molecule has 1 N–H and O–H groups in total. The van der Waals surface area contributed by atoms with Gasteiger partial charge in [0.15, 0.2) is 0 Å². The summed E-state index contributed by atoms with van der Waals surface area (Å²) in [6.45, 7) is 10.2. The van der Waals surface area contributed by atoms with Crippen LogP contribution in [0.1, 0.15) is 25.3 Å². The molecule has 1 fully saturated rings. The number of anilines is 1. The molecule has 0 bridgehead atoms. The highest BCUT2D eigenvalue weighted by atomic mass is 16.5. The Morgan fingerprint density at radius 3 is 2.31 bits per heavy atom. The summed E-state index contributed by atoms with van der Waals surface area (Å²) >= 11 is 0. The fourth-order valence-electron chi connectivity index (χ4n) is 3.70. The summed E-state index contributed by atoms with van der Waals surface area (Å²) in [6, 6.07) is 18.6. The number of aliphatic hydroxyl groups is 1. The molecule has 2 aromatic carbocycles. The molecule has 0 spiro atoms. The summed E-state index contributed by atoms with van der Waals surface area (Å²) in [5.74, 6) is 1.35. The summed E-state index contributed by atoms with van der Waals surface area (Å²) in [7, 11) is 0. The van der Waals surface area contributed by atoms with Gasteiger partial charge in [-0.3, -0.25) is 4.90 Å². The lowest BCUT2D eigenvalue weighted by Crippen LogP contribution is -2.49. The second-order valence-electron chi connectivity index (χ2n) is 7.89. The van der Waals surface area contributed by atoms with Gasteiger partial charge in [0.2, 0.25) is 0 Å². The fraction of sp³-hybridized carbons (Fsp3) is 0.500. The molecule has 5 heteroatoms. The molecule has 0 aliphatic carbocycles. The Morgan fingerprint density at radius 1 is 0.897 bits per heavy atom. The minimum atomic E-state index is -0.471. The maximum atomic E-state index is 10.3. The van der Waals surface area contributed by atoms with Crippen molar-refractivity contribution >= 4 is 5.69 Å². The average Bonchev–Trinajstić information content (AvgIpc) is 2.75. The van der Waals surface area contributed by atoms with E-state index in [0.717, 1.165) is 31.9 Å². The third-order valence-corrected chi connectivity index (χ3v) is 5.30. The van der Waals surface area contributed by atoms with Crippen molar-refractivity contribution in [1.82, 2.24) is 4.90 Å². The van der Waals surface area contributed by atoms with E-state index in [-0.39, 0.29) is 0 Å². The quantitative estimate of drug-likeness (QED) is 0.622. The summed E-state index contributed by atoms with van der Waals surface area (Å²) in [6.07, 6.45) is -0.471. The molecule has 158 valence electrons. The smallest absolute Gasteiger partial charge is 0.122 e. The van der Waals surface area contributed by atoms with Gasteiger partial charge in [0.1, 0.15) is 12.4 Å². The monoisotopic (exact) mass is 398 g/mol. The lowest BCUT2D eigenvalue weighted by atomic mass is 10.0. The molecular weight excluding hydrogens is 364 g/mol. The fourth-order valence-corrected chi connectivity index (χ4v) is 3.70. The molecule has 5 nitrogen and oxygen atoms in total. The number of para-hydroxylation sites is 2. The molecule has 1 atom stereocenters. The van der Waals surface area contributed by atoms with Gasteiger partial charge >= 0.3 is 0 Å². The zero-order valence-electron chi connectivity index (χ0n) is 17.7. The number of hydrogen-bond acceptors (Lipinski definition) is 5. The number of piperazine rings is 1. The van der Waals surface area contributed by atoms with Gasteiger partial charge in [-0.05, 0) is 29.7 Å². The molecule has 1 aliphatic heterocycles. The molecule has 0 amide bonds. The average molecular weight is 399 g/mol. The second kappa shape index (κ2) is 11.2. The predicted octanol–water partition coefficient (Wildman–Crippen LogP) is 3.39. The molecule has 1 aliphatic rings. The number of nitrogens with zero attached hydrogens (tertiary/aromatic N) is 2. The number of benzene rings is 2. The van der Waals surface area contributed by atoms with Crippen LogP contribution >= 0.6 is 0 Å². The summed E-state index contributed by atoms with van der Waals surface area (Å²) in [5, 5.41) is 10.3. The minimum absolute atomic E-state index is 0.341. The molecule has 1 heterocycles. The maximum absolute atomic E-state index is 10.3. The molecule has 0 radical (unpaired) electrons. The van der Waals surface area contributed by atoms with Crippen molar-refractivity contribution in [2.45, 2.75) is 25.9 Å². The van der Waals surface area contributed by atoms with Crippen LogP contribution in [0.25, 0.3) is 0 Å². The molecule has 1 unspecified atom stereocenters. The Hall–Kier alpha value is -2.08. The van der Waals surface area contributed by atoms with Crippen LogP contribution in [-0.4, -0.2) is 68.7 Å². The summed E-state index contributed by atoms with van der Waals surface area (Å²) in [5.41, 5.74) is 2.48. The van der Waals surface area contributed by atoms with Crippen LogP contribution in [0.2, 0.25) is 0 Å². The van der Waals surface area contributed by atoms with Gasteiger partial charge in [-0.25, -0.2) is 0 Å². The molecule has 1 saturated heterocycles. The van der Waals surface area contributed by atoms with Gasteiger partial charge in [0, 0.05) is 38.4 Å². The second-order valence-corrected chi connectivity index (χ2v) is 7.89. The first-order chi connectivity index (χ1) is 14.1. The van der Waals surface area contributed by atoms with Crippen molar-refractivity contribution in [3.8, 4) is 5.75 Å². The summed E-state index contributed by atoms with van der Waals surface area (Å²) < 4.78 is 11.5. The van der Waals surface area contributed by atoms with Crippen molar-refractivity contribution in [1.29, 1.82) is 0 Å². The topological polar surface area (TPSA) is 45.2 Å². The van der Waals surface area contributed by atoms with Crippen molar-refractivity contribution in [3.05, 3.63) is 60.2 Å². The van der Waals surface area contributed by atoms with Crippen molar-refractivity contribution < 1.29 is 14.6 Å². The van der Waals surface area contributed by atoms with E-state index >= 15 is 0 Å². The van der Waals surface area contributed by atoms with Crippen LogP contribution in [0, 0.1) is 0 Å². The molecular formula is C24H34N2O3. The Balaban J connectivity index is 1.29. The van der Waals surface area contributed by atoms with Crippen LogP contribution in [0.3, 0.4) is 0 Å². The Kier molecular flexibility index (Phi) is 8.35. The van der Waals surface area contributed by atoms with Crippen molar-refractivity contribution in [2.24, 2.45) is 0 Å². The SMILES string of the molecule is CC(C)c1ccccc1OCCOCC(O)CN1CCN(c2ccccc2)CC1. The van der Waals surface area contributed by atoms with Crippen molar-refractivity contribution in [2.75, 3.05) is 57.4 Å². The molecule has 0 saturated carbocycles. The van der Waals surface area contributed by atoms with E-state index < -0.39 is 6.10 Å². The van der Waals surface area contributed by atoms with Gasteiger partial charge in [0.05, 0.1) is 19.3 Å². The minimum Gasteiger partial charge on any atom is -0.491 e. The first kappa shape index (κ1) is 21.6. The van der Waals surface area contributed by atoms with E-state index in [2.05, 4.69) is 54.0 Å². The van der Waals surface area contributed by atoms with Crippen LogP contribution < -0.4 is 9.64 Å². The molecule has 29 heavy (non-hydrogen) atoms.